The summed E-state index contributed by atoms with van der Waals surface area (Å²) in [5.41, 5.74) is 5.91. The molecular formula is C17H18ClN3O4S. The molecule has 0 saturated carbocycles. The number of aromatic nitrogens is 1. The summed E-state index contributed by atoms with van der Waals surface area (Å²) in [6.45, 7) is 2.89. The minimum atomic E-state index is -0.770. The number of rotatable bonds is 5. The molecule has 2 heterocycles. The van der Waals surface area contributed by atoms with E-state index in [2.05, 4.69) is 4.98 Å². The number of hydrogen-bond donors (Lipinski definition) is 1. The molecular weight excluding hydrogens is 378 g/mol. The average molecular weight is 396 g/mol. The molecule has 26 heavy (non-hydrogen) atoms. The Morgan fingerprint density at radius 3 is 2.85 bits per heavy atom. The second kappa shape index (κ2) is 8.03. The van der Waals surface area contributed by atoms with Gasteiger partial charge in [0.2, 0.25) is 5.91 Å². The Morgan fingerprint density at radius 2 is 2.15 bits per heavy atom. The zero-order valence-electron chi connectivity index (χ0n) is 14.1. The van der Waals surface area contributed by atoms with Gasteiger partial charge < -0.3 is 20.1 Å². The minimum absolute atomic E-state index is 0.155. The van der Waals surface area contributed by atoms with E-state index in [1.54, 1.807) is 36.1 Å². The van der Waals surface area contributed by atoms with E-state index in [9.17, 15) is 9.59 Å². The standard InChI is InChI=1S/C17H18ClN3O4S/c1-10-15(17(23)21-6-7-24-13(8-21)16(19)22)26-14(20-10)9-25-12-4-2-11(18)3-5-12/h2-5,13H,6-9H2,1H3,(H2,19,22). The van der Waals surface area contributed by atoms with Gasteiger partial charge in [0.1, 0.15) is 22.2 Å². The normalized spacial score (nSPS) is 17.2. The lowest BCUT2D eigenvalue weighted by atomic mass is 10.2. The van der Waals surface area contributed by atoms with Crippen LogP contribution in [0.1, 0.15) is 20.4 Å². The number of benzene rings is 1. The number of halogens is 1. The molecule has 1 unspecified atom stereocenters. The van der Waals surface area contributed by atoms with Crippen molar-refractivity contribution in [1.29, 1.82) is 0 Å². The van der Waals surface area contributed by atoms with Crippen LogP contribution in [-0.2, 0) is 16.1 Å². The van der Waals surface area contributed by atoms with Gasteiger partial charge >= 0.3 is 0 Å². The van der Waals surface area contributed by atoms with Gasteiger partial charge in [-0.15, -0.1) is 11.3 Å². The van der Waals surface area contributed by atoms with Gasteiger partial charge in [-0.25, -0.2) is 4.98 Å². The lowest BCUT2D eigenvalue weighted by Crippen LogP contribution is -2.50. The van der Waals surface area contributed by atoms with Crippen molar-refractivity contribution in [3.8, 4) is 5.75 Å². The van der Waals surface area contributed by atoms with Crippen LogP contribution in [-0.4, -0.2) is 47.5 Å². The van der Waals surface area contributed by atoms with E-state index < -0.39 is 12.0 Å². The fraction of sp³-hybridized carbons (Fsp3) is 0.353. The molecule has 1 fully saturated rings. The topological polar surface area (TPSA) is 94.8 Å². The van der Waals surface area contributed by atoms with Gasteiger partial charge in [0.15, 0.2) is 6.10 Å². The highest BCUT2D eigenvalue weighted by molar-refractivity contribution is 7.13. The molecule has 0 spiro atoms. The molecule has 9 heteroatoms. The number of carbonyl (C=O) groups is 2. The summed E-state index contributed by atoms with van der Waals surface area (Å²) >= 11 is 7.13. The van der Waals surface area contributed by atoms with Gasteiger partial charge in [-0.05, 0) is 31.2 Å². The van der Waals surface area contributed by atoms with E-state index in [-0.39, 0.29) is 25.7 Å². The van der Waals surface area contributed by atoms with Crippen LogP contribution in [0, 0.1) is 6.92 Å². The largest absolute Gasteiger partial charge is 0.486 e. The fourth-order valence-electron chi connectivity index (χ4n) is 2.54. The van der Waals surface area contributed by atoms with Crippen molar-refractivity contribution in [3.05, 3.63) is 44.9 Å². The van der Waals surface area contributed by atoms with E-state index in [0.717, 1.165) is 0 Å². The third-order valence-corrected chi connectivity index (χ3v) is 5.25. The van der Waals surface area contributed by atoms with Crippen molar-refractivity contribution in [2.45, 2.75) is 19.6 Å². The number of nitrogens with zero attached hydrogens (tertiary/aromatic N) is 2. The summed E-state index contributed by atoms with van der Waals surface area (Å²) in [6, 6.07) is 7.03. The monoisotopic (exact) mass is 395 g/mol. The van der Waals surface area contributed by atoms with Crippen molar-refractivity contribution < 1.29 is 19.1 Å². The van der Waals surface area contributed by atoms with Crippen molar-refractivity contribution in [2.24, 2.45) is 5.73 Å². The van der Waals surface area contributed by atoms with Crippen LogP contribution in [0.15, 0.2) is 24.3 Å². The third-order valence-electron chi connectivity index (χ3n) is 3.88. The van der Waals surface area contributed by atoms with Crippen molar-refractivity contribution in [3.63, 3.8) is 0 Å². The SMILES string of the molecule is Cc1nc(COc2ccc(Cl)cc2)sc1C(=O)N1CCOC(C(N)=O)C1. The third kappa shape index (κ3) is 4.32. The van der Waals surface area contributed by atoms with Crippen molar-refractivity contribution >= 4 is 34.8 Å². The molecule has 2 amide bonds. The molecule has 2 aromatic rings. The van der Waals surface area contributed by atoms with Crippen LogP contribution < -0.4 is 10.5 Å². The summed E-state index contributed by atoms with van der Waals surface area (Å²) in [5.74, 6) is -0.0690. The number of amides is 2. The molecule has 1 aromatic carbocycles. The smallest absolute Gasteiger partial charge is 0.266 e. The Hall–Kier alpha value is -2.16. The van der Waals surface area contributed by atoms with Crippen LogP contribution in [0.2, 0.25) is 5.02 Å². The van der Waals surface area contributed by atoms with E-state index in [4.69, 9.17) is 26.8 Å². The molecule has 1 atom stereocenters. The Bertz CT molecular complexity index is 809. The summed E-state index contributed by atoms with van der Waals surface area (Å²) in [7, 11) is 0. The number of nitrogens with two attached hydrogens (primary N) is 1. The molecule has 1 aromatic heterocycles. The molecule has 3 rings (SSSR count). The minimum Gasteiger partial charge on any atom is -0.486 e. The van der Waals surface area contributed by atoms with Crippen molar-refractivity contribution in [1.82, 2.24) is 9.88 Å². The van der Waals surface area contributed by atoms with Crippen LogP contribution in [0.3, 0.4) is 0 Å². The quantitative estimate of drug-likeness (QED) is 0.835. The number of carbonyl (C=O) groups excluding carboxylic acids is 2. The highest BCUT2D eigenvalue weighted by Gasteiger charge is 2.30. The first-order chi connectivity index (χ1) is 12.4. The first-order valence-electron chi connectivity index (χ1n) is 7.99. The molecule has 0 bridgehead atoms. The van der Waals surface area contributed by atoms with Crippen molar-refractivity contribution in [2.75, 3.05) is 19.7 Å². The zero-order valence-corrected chi connectivity index (χ0v) is 15.7. The summed E-state index contributed by atoms with van der Waals surface area (Å²) in [6.07, 6.45) is -0.770. The Labute approximate surface area is 159 Å². The average Bonchev–Trinajstić information content (AvgIpc) is 3.01. The van der Waals surface area contributed by atoms with Gasteiger partial charge in [-0.1, -0.05) is 11.6 Å². The van der Waals surface area contributed by atoms with Gasteiger partial charge in [0.25, 0.3) is 5.91 Å². The van der Waals surface area contributed by atoms with E-state index >= 15 is 0 Å². The van der Waals surface area contributed by atoms with Gasteiger partial charge in [-0.3, -0.25) is 9.59 Å². The summed E-state index contributed by atoms with van der Waals surface area (Å²) in [5, 5.41) is 1.33. The summed E-state index contributed by atoms with van der Waals surface area (Å²) < 4.78 is 10.9. The maximum absolute atomic E-state index is 12.7. The zero-order chi connectivity index (χ0) is 18.7. The predicted octanol–water partition coefficient (Wildman–Crippen LogP) is 2.01. The number of hydrogen-bond acceptors (Lipinski definition) is 6. The molecule has 0 aliphatic carbocycles. The lowest BCUT2D eigenvalue weighted by molar-refractivity contribution is -0.133. The van der Waals surface area contributed by atoms with Crippen LogP contribution in [0.4, 0.5) is 0 Å². The predicted molar refractivity (Wildman–Crippen MR) is 97.5 cm³/mol. The maximum Gasteiger partial charge on any atom is 0.266 e. The molecule has 138 valence electrons. The Morgan fingerprint density at radius 1 is 1.42 bits per heavy atom. The maximum atomic E-state index is 12.7. The summed E-state index contributed by atoms with van der Waals surface area (Å²) in [4.78, 5) is 30.6. The molecule has 1 saturated heterocycles. The van der Waals surface area contributed by atoms with Gasteiger partial charge in [0.05, 0.1) is 18.8 Å². The Kier molecular flexibility index (Phi) is 5.75. The highest BCUT2D eigenvalue weighted by atomic mass is 35.5. The van der Waals surface area contributed by atoms with Gasteiger partial charge in [0, 0.05) is 11.6 Å². The van der Waals surface area contributed by atoms with E-state index in [1.807, 2.05) is 0 Å². The second-order valence-electron chi connectivity index (χ2n) is 5.78. The molecule has 1 aliphatic rings. The molecule has 0 radical (unpaired) electrons. The first-order valence-corrected chi connectivity index (χ1v) is 9.18. The number of ether oxygens (including phenoxy) is 2. The van der Waals surface area contributed by atoms with Gasteiger partial charge in [-0.2, -0.15) is 0 Å². The van der Waals surface area contributed by atoms with Crippen LogP contribution >= 0.6 is 22.9 Å². The molecule has 1 aliphatic heterocycles. The van der Waals surface area contributed by atoms with E-state index in [0.29, 0.717) is 32.9 Å². The van der Waals surface area contributed by atoms with E-state index in [1.165, 1.54) is 11.3 Å². The lowest BCUT2D eigenvalue weighted by Gasteiger charge is -2.31. The fourth-order valence-corrected chi connectivity index (χ4v) is 3.61. The van der Waals surface area contributed by atoms with Crippen LogP contribution in [0.25, 0.3) is 0 Å². The highest BCUT2D eigenvalue weighted by Crippen LogP contribution is 2.23. The number of primary amides is 1. The second-order valence-corrected chi connectivity index (χ2v) is 7.30. The number of thiazole rings is 1. The number of morpholine rings is 1. The Balaban J connectivity index is 1.66. The molecule has 2 N–H and O–H groups in total. The van der Waals surface area contributed by atoms with Crippen LogP contribution in [0.5, 0.6) is 5.75 Å². The molecule has 7 nitrogen and oxygen atoms in total. The first kappa shape index (κ1) is 18.6. The number of aryl methyl sites for hydroxylation is 1.